The fourth-order valence-corrected chi connectivity index (χ4v) is 2.17. The van der Waals surface area contributed by atoms with E-state index >= 15 is 0 Å². The van der Waals surface area contributed by atoms with E-state index in [-0.39, 0.29) is 11.2 Å². The van der Waals surface area contributed by atoms with E-state index in [0.29, 0.717) is 17.8 Å². The van der Waals surface area contributed by atoms with Crippen molar-refractivity contribution in [2.75, 3.05) is 23.7 Å². The van der Waals surface area contributed by atoms with E-state index in [0.717, 1.165) is 13.1 Å². The molecule has 1 fully saturated rings. The highest BCUT2D eigenvalue weighted by atomic mass is 35.5. The summed E-state index contributed by atoms with van der Waals surface area (Å²) < 4.78 is 0. The first kappa shape index (κ1) is 11.4. The first-order chi connectivity index (χ1) is 7.56. The van der Waals surface area contributed by atoms with Gasteiger partial charge in [0.2, 0.25) is 17.2 Å². The summed E-state index contributed by atoms with van der Waals surface area (Å²) in [7, 11) is 0. The van der Waals surface area contributed by atoms with Gasteiger partial charge >= 0.3 is 0 Å². The van der Waals surface area contributed by atoms with Crippen LogP contribution in [0.1, 0.15) is 20.3 Å². The largest absolute Gasteiger partial charge is 0.368 e. The molecular weight excluding hydrogens is 226 g/mol. The van der Waals surface area contributed by atoms with Gasteiger partial charge in [0.15, 0.2) is 0 Å². The number of aromatic nitrogens is 3. The molecule has 0 aromatic carbocycles. The number of rotatable bonds is 2. The lowest BCUT2D eigenvalue weighted by Gasteiger charge is -2.17. The van der Waals surface area contributed by atoms with Crippen LogP contribution in [0, 0.1) is 11.8 Å². The summed E-state index contributed by atoms with van der Waals surface area (Å²) in [6.07, 6.45) is 1.17. The van der Waals surface area contributed by atoms with Crippen LogP contribution in [0.2, 0.25) is 5.28 Å². The van der Waals surface area contributed by atoms with E-state index in [2.05, 4.69) is 33.7 Å². The van der Waals surface area contributed by atoms with Crippen molar-refractivity contribution >= 4 is 23.5 Å². The summed E-state index contributed by atoms with van der Waals surface area (Å²) in [6.45, 7) is 6.41. The quantitative estimate of drug-likeness (QED) is 0.852. The van der Waals surface area contributed by atoms with Crippen molar-refractivity contribution in [3.05, 3.63) is 5.28 Å². The predicted octanol–water partition coefficient (Wildman–Crippen LogP) is 1.59. The fraction of sp³-hybridized carbons (Fsp3) is 0.700. The van der Waals surface area contributed by atoms with Crippen molar-refractivity contribution in [2.45, 2.75) is 20.3 Å². The summed E-state index contributed by atoms with van der Waals surface area (Å²) in [5, 5.41) is 0.162. The van der Waals surface area contributed by atoms with Crippen LogP contribution in [0.25, 0.3) is 0 Å². The molecule has 2 N–H and O–H groups in total. The van der Waals surface area contributed by atoms with E-state index in [4.69, 9.17) is 17.3 Å². The lowest BCUT2D eigenvalue weighted by Crippen LogP contribution is -2.24. The molecule has 2 rings (SSSR count). The molecule has 1 saturated heterocycles. The maximum absolute atomic E-state index is 5.76. The molecule has 0 saturated carbocycles. The zero-order valence-corrected chi connectivity index (χ0v) is 10.3. The fourth-order valence-electron chi connectivity index (χ4n) is 2.01. The minimum atomic E-state index is 0.162. The maximum Gasteiger partial charge on any atom is 0.231 e. The normalized spacial score (nSPS) is 20.8. The first-order valence-electron chi connectivity index (χ1n) is 5.48. The van der Waals surface area contributed by atoms with E-state index in [1.54, 1.807) is 0 Å². The molecule has 0 bridgehead atoms. The van der Waals surface area contributed by atoms with Gasteiger partial charge in [-0.1, -0.05) is 13.8 Å². The van der Waals surface area contributed by atoms with E-state index in [9.17, 15) is 0 Å². The molecule has 1 aromatic heterocycles. The maximum atomic E-state index is 5.76. The highest BCUT2D eigenvalue weighted by Crippen LogP contribution is 2.26. The van der Waals surface area contributed by atoms with Gasteiger partial charge < -0.3 is 10.6 Å². The van der Waals surface area contributed by atoms with Gasteiger partial charge in [-0.25, -0.2) is 0 Å². The summed E-state index contributed by atoms with van der Waals surface area (Å²) in [6, 6.07) is 0. The van der Waals surface area contributed by atoms with Gasteiger partial charge in [0.05, 0.1) is 0 Å². The van der Waals surface area contributed by atoms with Crippen molar-refractivity contribution in [3.63, 3.8) is 0 Å². The molecule has 88 valence electrons. The van der Waals surface area contributed by atoms with Gasteiger partial charge in [0, 0.05) is 13.1 Å². The number of nitrogen functional groups attached to an aromatic ring is 1. The SMILES string of the molecule is CC(C)C1CCN(c2nc(N)nc(Cl)n2)C1. The Morgan fingerprint density at radius 3 is 2.69 bits per heavy atom. The second-order valence-corrected chi connectivity index (χ2v) is 4.84. The second kappa shape index (κ2) is 4.41. The third kappa shape index (κ3) is 2.35. The Kier molecular flexibility index (Phi) is 3.14. The Morgan fingerprint density at radius 2 is 2.12 bits per heavy atom. The summed E-state index contributed by atoms with van der Waals surface area (Å²) >= 11 is 5.76. The van der Waals surface area contributed by atoms with Crippen LogP contribution in [0.3, 0.4) is 0 Å². The molecule has 1 aliphatic rings. The Balaban J connectivity index is 2.14. The molecule has 16 heavy (non-hydrogen) atoms. The average molecular weight is 242 g/mol. The smallest absolute Gasteiger partial charge is 0.231 e. The standard InChI is InChI=1S/C10H16ClN5/c1-6(2)7-3-4-16(5-7)10-14-8(11)13-9(12)15-10/h6-7H,3-5H2,1-2H3,(H2,12,13,14,15). The number of hydrogen-bond acceptors (Lipinski definition) is 5. The number of anilines is 2. The van der Waals surface area contributed by atoms with Crippen molar-refractivity contribution in [1.29, 1.82) is 0 Å². The van der Waals surface area contributed by atoms with Crippen LogP contribution in [0.5, 0.6) is 0 Å². The van der Waals surface area contributed by atoms with Crippen LogP contribution >= 0.6 is 11.6 Å². The third-order valence-electron chi connectivity index (χ3n) is 3.06. The van der Waals surface area contributed by atoms with Crippen LogP contribution in [0.15, 0.2) is 0 Å². The van der Waals surface area contributed by atoms with E-state index in [1.165, 1.54) is 6.42 Å². The molecule has 0 spiro atoms. The van der Waals surface area contributed by atoms with Crippen molar-refractivity contribution < 1.29 is 0 Å². The van der Waals surface area contributed by atoms with Gasteiger partial charge in [0.25, 0.3) is 0 Å². The zero-order chi connectivity index (χ0) is 11.7. The lowest BCUT2D eigenvalue weighted by molar-refractivity contribution is 0.422. The summed E-state index contributed by atoms with van der Waals surface area (Å²) in [5.41, 5.74) is 5.55. The van der Waals surface area contributed by atoms with Gasteiger partial charge in [-0.05, 0) is 29.9 Å². The topological polar surface area (TPSA) is 67.9 Å². The highest BCUT2D eigenvalue weighted by molar-refractivity contribution is 6.28. The molecule has 1 atom stereocenters. The minimum Gasteiger partial charge on any atom is -0.368 e. The number of hydrogen-bond donors (Lipinski definition) is 1. The molecule has 1 aliphatic heterocycles. The van der Waals surface area contributed by atoms with E-state index < -0.39 is 0 Å². The van der Waals surface area contributed by atoms with Gasteiger partial charge in [-0.15, -0.1) is 0 Å². The second-order valence-electron chi connectivity index (χ2n) is 4.50. The monoisotopic (exact) mass is 241 g/mol. The van der Waals surface area contributed by atoms with Gasteiger partial charge in [-0.3, -0.25) is 0 Å². The average Bonchev–Trinajstić information content (AvgIpc) is 2.64. The van der Waals surface area contributed by atoms with Crippen molar-refractivity contribution in [1.82, 2.24) is 15.0 Å². The molecule has 1 unspecified atom stereocenters. The van der Waals surface area contributed by atoms with Crippen LogP contribution < -0.4 is 10.6 Å². The Labute approximate surface area is 100 Å². The number of nitrogens with two attached hydrogens (primary N) is 1. The molecule has 0 radical (unpaired) electrons. The molecule has 6 heteroatoms. The molecule has 2 heterocycles. The molecule has 0 aliphatic carbocycles. The van der Waals surface area contributed by atoms with E-state index in [1.807, 2.05) is 0 Å². The van der Waals surface area contributed by atoms with Crippen molar-refractivity contribution in [3.8, 4) is 0 Å². The first-order valence-corrected chi connectivity index (χ1v) is 5.86. The Hall–Kier alpha value is -1.10. The molecule has 1 aromatic rings. The molecular formula is C10H16ClN5. The summed E-state index contributed by atoms with van der Waals surface area (Å²) in [5.74, 6) is 2.15. The lowest BCUT2D eigenvalue weighted by atomic mass is 9.95. The minimum absolute atomic E-state index is 0.162. The number of halogens is 1. The molecule has 5 nitrogen and oxygen atoms in total. The van der Waals surface area contributed by atoms with Crippen LogP contribution in [-0.4, -0.2) is 28.0 Å². The van der Waals surface area contributed by atoms with Crippen LogP contribution in [0.4, 0.5) is 11.9 Å². The summed E-state index contributed by atoms with van der Waals surface area (Å²) in [4.78, 5) is 14.1. The number of nitrogens with zero attached hydrogens (tertiary/aromatic N) is 4. The van der Waals surface area contributed by atoms with Crippen molar-refractivity contribution in [2.24, 2.45) is 11.8 Å². The Bertz CT molecular complexity index is 361. The predicted molar refractivity (Wildman–Crippen MR) is 64.4 cm³/mol. The van der Waals surface area contributed by atoms with Gasteiger partial charge in [0.1, 0.15) is 0 Å². The van der Waals surface area contributed by atoms with Crippen LogP contribution in [-0.2, 0) is 0 Å². The highest BCUT2D eigenvalue weighted by Gasteiger charge is 2.26. The third-order valence-corrected chi connectivity index (χ3v) is 3.23. The molecule has 0 amide bonds. The zero-order valence-electron chi connectivity index (χ0n) is 9.52. The Morgan fingerprint density at radius 1 is 1.38 bits per heavy atom. The van der Waals surface area contributed by atoms with Gasteiger partial charge in [-0.2, -0.15) is 15.0 Å².